The van der Waals surface area contributed by atoms with Gasteiger partial charge < -0.3 is 16.8 Å². The Morgan fingerprint density at radius 3 is 2.87 bits per heavy atom. The van der Waals surface area contributed by atoms with Gasteiger partial charge in [0, 0.05) is 17.4 Å². The van der Waals surface area contributed by atoms with E-state index in [4.69, 9.17) is 11.5 Å². The largest absolute Gasteiger partial charge is 0.397 e. The number of nitrogen functional groups attached to an aromatic ring is 1. The smallest absolute Gasteiger partial charge is 0.217 e. The lowest BCUT2D eigenvalue weighted by molar-refractivity contribution is -0.118. The minimum atomic E-state index is -0.279. The van der Waals surface area contributed by atoms with Crippen molar-refractivity contribution in [1.29, 1.82) is 0 Å². The summed E-state index contributed by atoms with van der Waals surface area (Å²) in [5, 5.41) is 3.15. The molecule has 0 radical (unpaired) electrons. The Morgan fingerprint density at radius 2 is 2.20 bits per heavy atom. The lowest BCUT2D eigenvalue weighted by atomic mass is 10.2. The van der Waals surface area contributed by atoms with Crippen LogP contribution >= 0.6 is 15.9 Å². The molecule has 4 nitrogen and oxygen atoms in total. The van der Waals surface area contributed by atoms with Gasteiger partial charge in [0.1, 0.15) is 0 Å². The minimum Gasteiger partial charge on any atom is -0.397 e. The van der Waals surface area contributed by atoms with Crippen LogP contribution in [-0.4, -0.2) is 12.5 Å². The standard InChI is InChI=1S/C10H14BrN3O/c11-7-3-4-8(12)9(6-7)14-5-1-2-10(13)15/h3-4,6,14H,1-2,5,12H2,(H2,13,15). The average molecular weight is 272 g/mol. The van der Waals surface area contributed by atoms with Gasteiger partial charge in [-0.2, -0.15) is 0 Å². The van der Waals surface area contributed by atoms with Crippen LogP contribution in [0.1, 0.15) is 12.8 Å². The zero-order chi connectivity index (χ0) is 11.3. The van der Waals surface area contributed by atoms with E-state index in [1.54, 1.807) is 0 Å². The van der Waals surface area contributed by atoms with Crippen molar-refractivity contribution in [3.63, 3.8) is 0 Å². The summed E-state index contributed by atoms with van der Waals surface area (Å²) in [7, 11) is 0. The fraction of sp³-hybridized carbons (Fsp3) is 0.300. The Balaban J connectivity index is 2.43. The van der Waals surface area contributed by atoms with Crippen molar-refractivity contribution in [3.8, 4) is 0 Å². The maximum absolute atomic E-state index is 10.5. The van der Waals surface area contributed by atoms with Crippen LogP contribution in [0.25, 0.3) is 0 Å². The molecule has 0 aliphatic rings. The molecular formula is C10H14BrN3O. The molecule has 0 bridgehead atoms. The van der Waals surface area contributed by atoms with Crippen LogP contribution in [-0.2, 0) is 4.79 Å². The molecule has 5 heteroatoms. The normalized spacial score (nSPS) is 9.93. The molecule has 1 amide bonds. The molecule has 1 aromatic carbocycles. The molecule has 0 atom stereocenters. The quantitative estimate of drug-likeness (QED) is 0.563. The number of hydrogen-bond donors (Lipinski definition) is 3. The van der Waals surface area contributed by atoms with Crippen LogP contribution in [0.15, 0.2) is 22.7 Å². The third-order valence-electron chi connectivity index (χ3n) is 1.93. The van der Waals surface area contributed by atoms with Crippen LogP contribution in [0.5, 0.6) is 0 Å². The summed E-state index contributed by atoms with van der Waals surface area (Å²) in [5.41, 5.74) is 12.3. The highest BCUT2D eigenvalue weighted by Gasteiger charge is 1.99. The van der Waals surface area contributed by atoms with Crippen LogP contribution < -0.4 is 16.8 Å². The van der Waals surface area contributed by atoms with E-state index in [-0.39, 0.29) is 5.91 Å². The van der Waals surface area contributed by atoms with Gasteiger partial charge in [-0.15, -0.1) is 0 Å². The second-order valence-corrected chi connectivity index (χ2v) is 4.14. The van der Waals surface area contributed by atoms with Gasteiger partial charge in [-0.05, 0) is 24.6 Å². The number of halogens is 1. The summed E-state index contributed by atoms with van der Waals surface area (Å²) in [4.78, 5) is 10.5. The topological polar surface area (TPSA) is 81.1 Å². The first-order valence-electron chi connectivity index (χ1n) is 4.67. The van der Waals surface area contributed by atoms with E-state index in [1.807, 2.05) is 18.2 Å². The Bertz CT molecular complexity index is 355. The van der Waals surface area contributed by atoms with Gasteiger partial charge in [0.05, 0.1) is 11.4 Å². The third-order valence-corrected chi connectivity index (χ3v) is 2.42. The lowest BCUT2D eigenvalue weighted by Gasteiger charge is -2.08. The highest BCUT2D eigenvalue weighted by molar-refractivity contribution is 9.10. The van der Waals surface area contributed by atoms with Gasteiger partial charge in [0.2, 0.25) is 5.91 Å². The van der Waals surface area contributed by atoms with Crippen LogP contribution in [0, 0.1) is 0 Å². The van der Waals surface area contributed by atoms with Crippen LogP contribution in [0.3, 0.4) is 0 Å². The zero-order valence-electron chi connectivity index (χ0n) is 8.29. The van der Waals surface area contributed by atoms with E-state index in [2.05, 4.69) is 21.2 Å². The molecule has 15 heavy (non-hydrogen) atoms. The van der Waals surface area contributed by atoms with E-state index in [9.17, 15) is 4.79 Å². The zero-order valence-corrected chi connectivity index (χ0v) is 9.88. The molecular weight excluding hydrogens is 258 g/mol. The highest BCUT2D eigenvalue weighted by Crippen LogP contribution is 2.23. The fourth-order valence-corrected chi connectivity index (χ4v) is 1.53. The Kier molecular flexibility index (Phi) is 4.42. The first kappa shape index (κ1) is 11.8. The highest BCUT2D eigenvalue weighted by atomic mass is 79.9. The second-order valence-electron chi connectivity index (χ2n) is 3.23. The Labute approximate surface area is 97.1 Å². The third kappa shape index (κ3) is 4.20. The maximum Gasteiger partial charge on any atom is 0.217 e. The van der Waals surface area contributed by atoms with Crippen molar-refractivity contribution >= 4 is 33.2 Å². The van der Waals surface area contributed by atoms with Gasteiger partial charge in [-0.25, -0.2) is 0 Å². The van der Waals surface area contributed by atoms with E-state index in [0.29, 0.717) is 25.1 Å². The van der Waals surface area contributed by atoms with Crippen molar-refractivity contribution in [3.05, 3.63) is 22.7 Å². The van der Waals surface area contributed by atoms with Gasteiger partial charge in [-0.1, -0.05) is 15.9 Å². The van der Waals surface area contributed by atoms with Crippen LogP contribution in [0.4, 0.5) is 11.4 Å². The van der Waals surface area contributed by atoms with E-state index < -0.39 is 0 Å². The van der Waals surface area contributed by atoms with Crippen molar-refractivity contribution in [2.75, 3.05) is 17.6 Å². The summed E-state index contributed by atoms with van der Waals surface area (Å²) in [6, 6.07) is 5.60. The molecule has 5 N–H and O–H groups in total. The summed E-state index contributed by atoms with van der Waals surface area (Å²) >= 11 is 3.36. The number of carbonyl (C=O) groups excluding carboxylic acids is 1. The van der Waals surface area contributed by atoms with Gasteiger partial charge in [0.25, 0.3) is 0 Å². The maximum atomic E-state index is 10.5. The van der Waals surface area contributed by atoms with Crippen molar-refractivity contribution in [2.24, 2.45) is 5.73 Å². The van der Waals surface area contributed by atoms with Gasteiger partial charge in [-0.3, -0.25) is 4.79 Å². The molecule has 0 spiro atoms. The van der Waals surface area contributed by atoms with E-state index in [0.717, 1.165) is 10.2 Å². The number of primary amides is 1. The lowest BCUT2D eigenvalue weighted by Crippen LogP contribution is -2.13. The minimum absolute atomic E-state index is 0.279. The predicted octanol–water partition coefficient (Wildman–Crippen LogP) is 1.71. The molecule has 82 valence electrons. The Morgan fingerprint density at radius 1 is 1.47 bits per heavy atom. The summed E-state index contributed by atoms with van der Waals surface area (Å²) in [6.45, 7) is 0.684. The Hall–Kier alpha value is -1.23. The molecule has 0 saturated heterocycles. The molecule has 1 aromatic rings. The number of anilines is 2. The number of nitrogens with one attached hydrogen (secondary N) is 1. The first-order valence-corrected chi connectivity index (χ1v) is 5.46. The first-order chi connectivity index (χ1) is 7.09. The monoisotopic (exact) mass is 271 g/mol. The van der Waals surface area contributed by atoms with Gasteiger partial charge in [0.15, 0.2) is 0 Å². The molecule has 0 aliphatic heterocycles. The average Bonchev–Trinajstić information content (AvgIpc) is 2.17. The number of amides is 1. The predicted molar refractivity (Wildman–Crippen MR) is 65.5 cm³/mol. The molecule has 0 heterocycles. The number of hydrogen-bond acceptors (Lipinski definition) is 3. The van der Waals surface area contributed by atoms with E-state index in [1.165, 1.54) is 0 Å². The second kappa shape index (κ2) is 5.60. The number of benzene rings is 1. The number of rotatable bonds is 5. The molecule has 0 unspecified atom stereocenters. The van der Waals surface area contributed by atoms with Crippen LogP contribution in [0.2, 0.25) is 0 Å². The number of nitrogens with two attached hydrogens (primary N) is 2. The molecule has 0 saturated carbocycles. The summed E-state index contributed by atoms with van der Waals surface area (Å²) < 4.78 is 0.967. The fourth-order valence-electron chi connectivity index (χ4n) is 1.17. The molecule has 0 aliphatic carbocycles. The summed E-state index contributed by atoms with van der Waals surface area (Å²) in [5.74, 6) is -0.279. The summed E-state index contributed by atoms with van der Waals surface area (Å²) in [6.07, 6.45) is 1.10. The molecule has 0 aromatic heterocycles. The molecule has 0 fully saturated rings. The van der Waals surface area contributed by atoms with Crippen molar-refractivity contribution < 1.29 is 4.79 Å². The van der Waals surface area contributed by atoms with E-state index >= 15 is 0 Å². The van der Waals surface area contributed by atoms with Crippen molar-refractivity contribution in [2.45, 2.75) is 12.8 Å². The SMILES string of the molecule is NC(=O)CCCNc1cc(Br)ccc1N. The van der Waals surface area contributed by atoms with Gasteiger partial charge >= 0.3 is 0 Å². The van der Waals surface area contributed by atoms with Crippen molar-refractivity contribution in [1.82, 2.24) is 0 Å². The number of carbonyl (C=O) groups is 1. The molecule has 1 rings (SSSR count).